The normalized spacial score (nSPS) is 16.0. The SMILES string of the molecule is NCCCCC(NC(=O)[C@@H]1CCCN1C(=O)Cc1ccc(F)c2ccccc12)C(=O)NC(CCCN=C(N)N)C(N)=O. The van der Waals surface area contributed by atoms with Crippen LogP contribution in [0.25, 0.3) is 10.8 Å². The number of carbonyl (C=O) groups is 4. The summed E-state index contributed by atoms with van der Waals surface area (Å²) in [5, 5.41) is 6.49. The number of rotatable bonds is 15. The number of likely N-dealkylation sites (tertiary alicyclic amines) is 1. The molecule has 0 saturated carbocycles. The second kappa shape index (κ2) is 15.7. The minimum atomic E-state index is -0.976. The van der Waals surface area contributed by atoms with Gasteiger partial charge in [-0.15, -0.1) is 0 Å². The number of primary amides is 1. The molecule has 0 radical (unpaired) electrons. The highest BCUT2D eigenvalue weighted by atomic mass is 19.1. The smallest absolute Gasteiger partial charge is 0.243 e. The van der Waals surface area contributed by atoms with Crippen LogP contribution in [0.3, 0.4) is 0 Å². The Hall–Kier alpha value is -4.26. The van der Waals surface area contributed by atoms with Crippen LogP contribution in [0.5, 0.6) is 0 Å². The number of nitrogens with two attached hydrogens (primary N) is 4. The molecule has 12 nitrogen and oxygen atoms in total. The Balaban J connectivity index is 1.68. The number of carbonyl (C=O) groups excluding carboxylic acids is 4. The number of amides is 4. The molecule has 4 amide bonds. The summed E-state index contributed by atoms with van der Waals surface area (Å²) in [6, 6.07) is 7.17. The van der Waals surface area contributed by atoms with Crippen molar-refractivity contribution in [1.82, 2.24) is 15.5 Å². The van der Waals surface area contributed by atoms with Gasteiger partial charge in [-0.3, -0.25) is 24.2 Å². The van der Waals surface area contributed by atoms with Crippen LogP contribution in [0.1, 0.15) is 50.5 Å². The van der Waals surface area contributed by atoms with Gasteiger partial charge in [-0.2, -0.15) is 0 Å². The van der Waals surface area contributed by atoms with E-state index < -0.39 is 35.8 Å². The van der Waals surface area contributed by atoms with Gasteiger partial charge in [0.2, 0.25) is 23.6 Å². The molecule has 228 valence electrons. The minimum Gasteiger partial charge on any atom is -0.370 e. The van der Waals surface area contributed by atoms with Gasteiger partial charge in [0.15, 0.2) is 5.96 Å². The van der Waals surface area contributed by atoms with Gasteiger partial charge in [-0.25, -0.2) is 4.39 Å². The quantitative estimate of drug-likeness (QED) is 0.0967. The summed E-state index contributed by atoms with van der Waals surface area (Å²) in [6.07, 6.45) is 3.16. The lowest BCUT2D eigenvalue weighted by Gasteiger charge is -2.27. The van der Waals surface area contributed by atoms with Crippen LogP contribution in [0.4, 0.5) is 4.39 Å². The summed E-state index contributed by atoms with van der Waals surface area (Å²) >= 11 is 0. The lowest BCUT2D eigenvalue weighted by atomic mass is 10.0. The molecule has 3 rings (SSSR count). The lowest BCUT2D eigenvalue weighted by Crippen LogP contribution is -2.56. The maximum absolute atomic E-state index is 14.3. The highest BCUT2D eigenvalue weighted by Crippen LogP contribution is 2.25. The van der Waals surface area contributed by atoms with Crippen LogP contribution in [0.15, 0.2) is 41.4 Å². The molecular formula is C29H41FN8O4. The van der Waals surface area contributed by atoms with Gasteiger partial charge in [0.05, 0.1) is 6.42 Å². The van der Waals surface area contributed by atoms with Gasteiger partial charge >= 0.3 is 0 Å². The van der Waals surface area contributed by atoms with E-state index in [1.807, 2.05) is 0 Å². The first-order valence-corrected chi connectivity index (χ1v) is 14.2. The number of aliphatic imine (C=N–C) groups is 1. The van der Waals surface area contributed by atoms with Gasteiger partial charge in [-0.05, 0) is 68.5 Å². The molecule has 1 fully saturated rings. The number of hydrogen-bond donors (Lipinski definition) is 6. The van der Waals surface area contributed by atoms with Crippen LogP contribution in [0, 0.1) is 5.82 Å². The fourth-order valence-electron chi connectivity index (χ4n) is 5.17. The fraction of sp³-hybridized carbons (Fsp3) is 0.483. The number of nitrogens with zero attached hydrogens (tertiary/aromatic N) is 2. The van der Waals surface area contributed by atoms with Crippen LogP contribution in [-0.4, -0.2) is 72.2 Å². The zero-order valence-corrected chi connectivity index (χ0v) is 23.7. The van der Waals surface area contributed by atoms with Crippen molar-refractivity contribution >= 4 is 40.4 Å². The molecule has 13 heteroatoms. The average Bonchev–Trinajstić information content (AvgIpc) is 3.46. The van der Waals surface area contributed by atoms with E-state index in [4.69, 9.17) is 22.9 Å². The standard InChI is InChI=1S/C29H41FN8O4/c30-21-13-12-18(19-7-1-2-8-20(19)21)17-25(39)38-16-6-11-24(38)28(42)37-23(9-3-4-14-31)27(41)36-22(26(32)40)10-5-15-35-29(33)34/h1-2,7-8,12-13,22-24H,3-6,9-11,14-17,31H2,(H2,32,40)(H,36,41)(H,37,42)(H4,33,34,35)/t22?,23?,24-/m0/s1. The molecule has 42 heavy (non-hydrogen) atoms. The number of nitrogens with one attached hydrogen (secondary N) is 2. The number of fused-ring (bicyclic) bond motifs is 1. The van der Waals surface area contributed by atoms with Crippen molar-refractivity contribution in [1.29, 1.82) is 0 Å². The van der Waals surface area contributed by atoms with Crippen molar-refractivity contribution in [2.45, 2.75) is 69.5 Å². The Labute approximate surface area is 244 Å². The summed E-state index contributed by atoms with van der Waals surface area (Å²) in [4.78, 5) is 57.4. The first-order chi connectivity index (χ1) is 20.1. The van der Waals surface area contributed by atoms with E-state index in [1.165, 1.54) is 11.0 Å². The summed E-state index contributed by atoms with van der Waals surface area (Å²) in [5.74, 6) is -2.45. The van der Waals surface area contributed by atoms with Gasteiger partial charge in [0.1, 0.15) is 23.9 Å². The molecule has 1 aliphatic rings. The number of benzene rings is 2. The Morgan fingerprint density at radius 3 is 2.36 bits per heavy atom. The van der Waals surface area contributed by atoms with E-state index in [0.717, 1.165) is 0 Å². The van der Waals surface area contributed by atoms with Crippen molar-refractivity contribution in [3.8, 4) is 0 Å². The molecule has 3 atom stereocenters. The second-order valence-electron chi connectivity index (χ2n) is 10.4. The molecule has 0 spiro atoms. The summed E-state index contributed by atoms with van der Waals surface area (Å²) in [7, 11) is 0. The van der Waals surface area contributed by atoms with E-state index in [9.17, 15) is 23.6 Å². The van der Waals surface area contributed by atoms with Crippen LogP contribution in [0.2, 0.25) is 0 Å². The highest BCUT2D eigenvalue weighted by Gasteiger charge is 2.36. The predicted octanol–water partition coefficient (Wildman–Crippen LogP) is 0.150. The lowest BCUT2D eigenvalue weighted by molar-refractivity contribution is -0.139. The molecular weight excluding hydrogens is 543 g/mol. The van der Waals surface area contributed by atoms with E-state index in [-0.39, 0.29) is 43.5 Å². The average molecular weight is 585 g/mol. The van der Waals surface area contributed by atoms with E-state index in [1.54, 1.807) is 30.3 Å². The van der Waals surface area contributed by atoms with Crippen molar-refractivity contribution in [2.75, 3.05) is 19.6 Å². The molecule has 1 aliphatic heterocycles. The molecule has 2 aromatic carbocycles. The number of guanidine groups is 1. The van der Waals surface area contributed by atoms with Gasteiger partial charge in [0, 0.05) is 18.5 Å². The monoisotopic (exact) mass is 584 g/mol. The highest BCUT2D eigenvalue weighted by molar-refractivity contribution is 5.95. The van der Waals surface area contributed by atoms with Crippen molar-refractivity contribution in [3.63, 3.8) is 0 Å². The molecule has 1 heterocycles. The number of unbranched alkanes of at least 4 members (excludes halogenated alkanes) is 1. The van der Waals surface area contributed by atoms with Crippen LogP contribution >= 0.6 is 0 Å². The van der Waals surface area contributed by atoms with Crippen molar-refractivity contribution in [3.05, 3.63) is 47.8 Å². The van der Waals surface area contributed by atoms with Gasteiger partial charge in [0.25, 0.3) is 0 Å². The molecule has 2 aromatic rings. The summed E-state index contributed by atoms with van der Waals surface area (Å²) in [5.41, 5.74) is 22.4. The third kappa shape index (κ3) is 8.87. The Morgan fingerprint density at radius 1 is 0.952 bits per heavy atom. The van der Waals surface area contributed by atoms with E-state index in [2.05, 4.69) is 15.6 Å². The maximum Gasteiger partial charge on any atom is 0.243 e. The Morgan fingerprint density at radius 2 is 1.67 bits per heavy atom. The van der Waals surface area contributed by atoms with Crippen LogP contribution in [-0.2, 0) is 25.6 Å². The molecule has 0 bridgehead atoms. The van der Waals surface area contributed by atoms with Gasteiger partial charge < -0.3 is 38.5 Å². The Bertz CT molecular complexity index is 1300. The van der Waals surface area contributed by atoms with Crippen molar-refractivity contribution < 1.29 is 23.6 Å². The zero-order chi connectivity index (χ0) is 30.6. The molecule has 0 aliphatic carbocycles. The number of halogens is 1. The second-order valence-corrected chi connectivity index (χ2v) is 10.4. The minimum absolute atomic E-state index is 0.00509. The number of hydrogen-bond acceptors (Lipinski definition) is 6. The van der Waals surface area contributed by atoms with E-state index in [0.29, 0.717) is 61.5 Å². The summed E-state index contributed by atoms with van der Waals surface area (Å²) < 4.78 is 14.3. The third-order valence-electron chi connectivity index (χ3n) is 7.36. The first-order valence-electron chi connectivity index (χ1n) is 14.2. The van der Waals surface area contributed by atoms with Crippen LogP contribution < -0.4 is 33.6 Å². The Kier molecular flexibility index (Phi) is 12.0. The van der Waals surface area contributed by atoms with Gasteiger partial charge in [-0.1, -0.05) is 30.3 Å². The summed E-state index contributed by atoms with van der Waals surface area (Å²) in [6.45, 7) is 1.07. The first kappa shape index (κ1) is 32.3. The fourth-order valence-corrected chi connectivity index (χ4v) is 5.17. The molecule has 10 N–H and O–H groups in total. The topological polar surface area (TPSA) is 212 Å². The zero-order valence-electron chi connectivity index (χ0n) is 23.7. The third-order valence-corrected chi connectivity index (χ3v) is 7.36. The maximum atomic E-state index is 14.3. The largest absolute Gasteiger partial charge is 0.370 e. The molecule has 2 unspecified atom stereocenters. The van der Waals surface area contributed by atoms with Crippen molar-refractivity contribution in [2.24, 2.45) is 27.9 Å². The molecule has 0 aromatic heterocycles. The predicted molar refractivity (Wildman–Crippen MR) is 158 cm³/mol. The molecule has 1 saturated heterocycles. The van der Waals surface area contributed by atoms with E-state index >= 15 is 0 Å².